The zero-order valence-electron chi connectivity index (χ0n) is 43.7. The summed E-state index contributed by atoms with van der Waals surface area (Å²) in [5.41, 5.74) is 9.18. The first-order valence-electron chi connectivity index (χ1n) is 28.0. The number of benzene rings is 4. The van der Waals surface area contributed by atoms with Crippen LogP contribution in [0.2, 0.25) is 0 Å². The molecule has 6 rings (SSSR count). The molecule has 0 saturated heterocycles. The Labute approximate surface area is 423 Å². The molecule has 8 heteroatoms. The van der Waals surface area contributed by atoms with Gasteiger partial charge in [0.15, 0.2) is 0 Å². The van der Waals surface area contributed by atoms with Gasteiger partial charge in [-0.2, -0.15) is 0 Å². The van der Waals surface area contributed by atoms with E-state index in [-0.39, 0.29) is 0 Å². The number of hydrogen-bond donors (Lipinski definition) is 0. The van der Waals surface area contributed by atoms with E-state index in [2.05, 4.69) is 86.6 Å². The summed E-state index contributed by atoms with van der Waals surface area (Å²) in [6, 6.07) is 26.6. The van der Waals surface area contributed by atoms with Crippen molar-refractivity contribution >= 4 is 0 Å². The quantitative estimate of drug-likeness (QED) is 0.0566. The Bertz CT molecular complexity index is 1780. The van der Waals surface area contributed by atoms with Crippen LogP contribution in [-0.2, 0) is 44.6 Å². The summed E-state index contributed by atoms with van der Waals surface area (Å²) in [6.07, 6.45) is 28.5. The van der Waals surface area contributed by atoms with Gasteiger partial charge in [0, 0.05) is 25.7 Å². The molecule has 0 saturated carbocycles. The number of para-hydroxylation sites is 4. The highest BCUT2D eigenvalue weighted by molar-refractivity contribution is 5.56. The Balaban J connectivity index is 1.31. The van der Waals surface area contributed by atoms with Crippen LogP contribution in [0, 0.1) is 0 Å². The lowest BCUT2D eigenvalue weighted by Gasteiger charge is -2.23. The zero-order valence-corrected chi connectivity index (χ0v) is 43.7. The van der Waals surface area contributed by atoms with Gasteiger partial charge in [-0.1, -0.05) is 202 Å². The highest BCUT2D eigenvalue weighted by Crippen LogP contribution is 2.39. The van der Waals surface area contributed by atoms with Gasteiger partial charge in [0.1, 0.15) is 36.2 Å². The van der Waals surface area contributed by atoms with Gasteiger partial charge in [0.2, 0.25) is 0 Å². The van der Waals surface area contributed by atoms with Gasteiger partial charge in [-0.3, -0.25) is 0 Å². The molecule has 2 aliphatic rings. The molecule has 4 aromatic rings. The van der Waals surface area contributed by atoms with Crippen molar-refractivity contribution in [3.05, 3.63) is 117 Å². The Hall–Kier alpha value is -4.08. The Morgan fingerprint density at radius 3 is 0.829 bits per heavy atom. The fourth-order valence-corrected chi connectivity index (χ4v) is 9.92. The third-order valence-electron chi connectivity index (χ3n) is 13.8. The third-order valence-corrected chi connectivity index (χ3v) is 13.8. The molecular formula is C62H90O8. The monoisotopic (exact) mass is 963 g/mol. The number of rotatable bonds is 24. The van der Waals surface area contributed by atoms with Crippen molar-refractivity contribution in [1.29, 1.82) is 0 Å². The van der Waals surface area contributed by atoms with Crippen LogP contribution in [0.25, 0.3) is 0 Å². The zero-order chi connectivity index (χ0) is 48.5. The number of hydrogen-bond acceptors (Lipinski definition) is 8. The smallest absolute Gasteiger partial charge is 0.126 e. The van der Waals surface area contributed by atoms with Gasteiger partial charge >= 0.3 is 0 Å². The molecule has 1 aliphatic heterocycles. The molecule has 0 radical (unpaired) electrons. The van der Waals surface area contributed by atoms with E-state index < -0.39 is 0 Å². The van der Waals surface area contributed by atoms with Crippen molar-refractivity contribution in [2.24, 2.45) is 0 Å². The van der Waals surface area contributed by atoms with E-state index in [1.807, 2.05) is 0 Å². The molecule has 4 aromatic carbocycles. The van der Waals surface area contributed by atoms with E-state index in [0.29, 0.717) is 105 Å². The minimum atomic E-state index is 0.425. The van der Waals surface area contributed by atoms with Crippen molar-refractivity contribution in [1.82, 2.24) is 0 Å². The fraction of sp³-hybridized carbons (Fsp3) is 0.613. The fourth-order valence-electron chi connectivity index (χ4n) is 9.92. The van der Waals surface area contributed by atoms with Gasteiger partial charge in [-0.25, -0.2) is 0 Å². The molecule has 0 spiro atoms. The average molecular weight is 963 g/mol. The van der Waals surface area contributed by atoms with Crippen molar-refractivity contribution < 1.29 is 37.9 Å². The molecule has 0 fully saturated rings. The van der Waals surface area contributed by atoms with Crippen LogP contribution in [-0.4, -0.2) is 79.3 Å². The molecule has 386 valence electrons. The van der Waals surface area contributed by atoms with Gasteiger partial charge in [-0.05, 0) is 57.3 Å². The highest BCUT2D eigenvalue weighted by Gasteiger charge is 2.22. The van der Waals surface area contributed by atoms with Crippen LogP contribution in [0.15, 0.2) is 72.8 Å². The highest BCUT2D eigenvalue weighted by atomic mass is 16.6. The summed E-state index contributed by atoms with van der Waals surface area (Å²) in [4.78, 5) is 0. The molecule has 0 N–H and O–H groups in total. The lowest BCUT2D eigenvalue weighted by Crippen LogP contribution is -2.15. The van der Waals surface area contributed by atoms with Crippen LogP contribution in [0.5, 0.6) is 23.0 Å². The van der Waals surface area contributed by atoms with E-state index in [1.165, 1.54) is 116 Å². The summed E-state index contributed by atoms with van der Waals surface area (Å²) in [5, 5.41) is 0. The van der Waals surface area contributed by atoms with E-state index in [1.54, 1.807) is 0 Å². The molecule has 10 bridgehead atoms. The van der Waals surface area contributed by atoms with Gasteiger partial charge < -0.3 is 37.9 Å². The first kappa shape index (κ1) is 55.2. The first-order chi connectivity index (χ1) is 34.7. The number of unbranched alkanes of at least 4 members (excludes halogenated alkanes) is 18. The molecule has 0 amide bonds. The minimum Gasteiger partial charge on any atom is -0.493 e. The second-order valence-electron chi connectivity index (χ2n) is 19.5. The lowest BCUT2D eigenvalue weighted by atomic mass is 9.91. The summed E-state index contributed by atoms with van der Waals surface area (Å²) in [6.45, 7) is 10.7. The molecule has 0 unspecified atom stereocenters. The van der Waals surface area contributed by atoms with E-state index in [4.69, 9.17) is 37.9 Å². The van der Waals surface area contributed by atoms with Crippen molar-refractivity contribution in [2.75, 3.05) is 79.3 Å². The maximum absolute atomic E-state index is 6.97. The van der Waals surface area contributed by atoms with Crippen LogP contribution in [0.4, 0.5) is 0 Å². The Kier molecular flexibility index (Phi) is 27.1. The number of ether oxygens (including phenoxy) is 8. The second-order valence-corrected chi connectivity index (χ2v) is 19.5. The van der Waals surface area contributed by atoms with Gasteiger partial charge in [-0.15, -0.1) is 0 Å². The maximum atomic E-state index is 6.97. The Morgan fingerprint density at radius 1 is 0.300 bits per heavy atom. The first-order valence-corrected chi connectivity index (χ1v) is 28.0. The third kappa shape index (κ3) is 19.8. The minimum absolute atomic E-state index is 0.425. The molecule has 0 aromatic heterocycles. The summed E-state index contributed by atoms with van der Waals surface area (Å²) < 4.78 is 51.3. The molecule has 8 nitrogen and oxygen atoms in total. The summed E-state index contributed by atoms with van der Waals surface area (Å²) in [7, 11) is 0. The summed E-state index contributed by atoms with van der Waals surface area (Å²) >= 11 is 0. The van der Waals surface area contributed by atoms with Gasteiger partial charge in [0.05, 0.1) is 66.1 Å². The molecule has 1 aliphatic carbocycles. The van der Waals surface area contributed by atoms with Crippen molar-refractivity contribution in [2.45, 2.75) is 168 Å². The molecule has 0 atom stereocenters. The predicted octanol–water partition coefficient (Wildman–Crippen LogP) is 14.8. The summed E-state index contributed by atoms with van der Waals surface area (Å²) in [5.74, 6) is 3.78. The van der Waals surface area contributed by atoms with Crippen LogP contribution in [0.1, 0.15) is 187 Å². The maximum Gasteiger partial charge on any atom is 0.126 e. The lowest BCUT2D eigenvalue weighted by molar-refractivity contribution is -0.00706. The van der Waals surface area contributed by atoms with E-state index >= 15 is 0 Å². The normalized spacial score (nSPS) is 15.2. The van der Waals surface area contributed by atoms with E-state index in [0.717, 1.165) is 80.3 Å². The van der Waals surface area contributed by atoms with E-state index in [9.17, 15) is 0 Å². The molecule has 1 heterocycles. The topological polar surface area (TPSA) is 73.8 Å². The number of fused-ring (bicyclic) bond motifs is 2. The van der Waals surface area contributed by atoms with Gasteiger partial charge in [0.25, 0.3) is 0 Å². The van der Waals surface area contributed by atoms with Crippen molar-refractivity contribution in [3.63, 3.8) is 0 Å². The van der Waals surface area contributed by atoms with Crippen LogP contribution in [0.3, 0.4) is 0 Å². The van der Waals surface area contributed by atoms with Crippen LogP contribution >= 0.6 is 0 Å². The second kappa shape index (κ2) is 34.3. The SMILES string of the molecule is CCCCCCCCCCCCOc1c2cccc1Cc1cccc3c1OCCOCCOCCOCCOCCOc1c(cccc1Cc1cccc(c1OCCCCCCCCCCCC)C3)C2. The molecular weight excluding hydrogens is 873 g/mol. The largest absolute Gasteiger partial charge is 0.493 e. The van der Waals surface area contributed by atoms with Crippen molar-refractivity contribution in [3.8, 4) is 23.0 Å². The predicted molar refractivity (Wildman–Crippen MR) is 286 cm³/mol. The average Bonchev–Trinajstić information content (AvgIpc) is 3.36. The van der Waals surface area contributed by atoms with Crippen LogP contribution < -0.4 is 18.9 Å². The standard InChI is InChI=1S/C62H90O8/c1-3-5-7-9-11-13-15-17-19-21-35-67-59-51-27-23-28-52(59)48-56-32-26-34-58-50-54-30-24-29-53(60(54)68-36-22-20-18-16-14-12-10-8-6-4-2)49-57-33-25-31-55(47-51)61(57)69-45-43-65-41-39-63-37-38-64-40-42-66-44-46-70-62(56)58/h23-34H,3-22,35-50H2,1-2H3. The Morgan fingerprint density at radius 2 is 0.543 bits per heavy atom. The molecule has 70 heavy (non-hydrogen) atoms.